The molecule has 0 saturated heterocycles. The molecule has 20 heavy (non-hydrogen) atoms. The van der Waals surface area contributed by atoms with E-state index in [0.29, 0.717) is 6.54 Å². The lowest BCUT2D eigenvalue weighted by Crippen LogP contribution is -2.40. The second kappa shape index (κ2) is 7.19. The zero-order valence-corrected chi connectivity index (χ0v) is 13.8. The van der Waals surface area contributed by atoms with E-state index in [1.165, 1.54) is 11.3 Å². The zero-order valence-electron chi connectivity index (χ0n) is 13.0. The van der Waals surface area contributed by atoms with Crippen LogP contribution in [0.3, 0.4) is 0 Å². The molecule has 1 heterocycles. The molecule has 0 aliphatic rings. The van der Waals surface area contributed by atoms with Gasteiger partial charge in [-0.1, -0.05) is 0 Å². The van der Waals surface area contributed by atoms with Gasteiger partial charge < -0.3 is 5.32 Å². The summed E-state index contributed by atoms with van der Waals surface area (Å²) in [6.45, 7) is 11.7. The lowest BCUT2D eigenvalue weighted by atomic mass is 10.2. The molecule has 0 fully saturated rings. The molecule has 0 aromatic carbocycles. The molecule has 0 bridgehead atoms. The van der Waals surface area contributed by atoms with Crippen molar-refractivity contribution in [2.75, 3.05) is 18.8 Å². The Morgan fingerprint density at radius 3 is 2.45 bits per heavy atom. The molecule has 6 nitrogen and oxygen atoms in total. The minimum absolute atomic E-state index is 0.0920. The van der Waals surface area contributed by atoms with Crippen LogP contribution in [0.4, 0.5) is 0 Å². The molecule has 0 saturated carbocycles. The molecule has 7 heteroatoms. The number of hydrogen-bond donors (Lipinski definition) is 2. The summed E-state index contributed by atoms with van der Waals surface area (Å²) in [6.07, 6.45) is 0. The van der Waals surface area contributed by atoms with Crippen LogP contribution in [-0.2, 0) is 16.6 Å². The van der Waals surface area contributed by atoms with Crippen molar-refractivity contribution in [3.8, 4) is 0 Å². The second-order valence-electron chi connectivity index (χ2n) is 5.13. The van der Waals surface area contributed by atoms with Crippen LogP contribution in [0.15, 0.2) is 0 Å². The van der Waals surface area contributed by atoms with Gasteiger partial charge in [-0.2, -0.15) is 5.10 Å². The Kier molecular flexibility index (Phi) is 6.16. The SMILES string of the molecule is CCS(=O)(=O)NC[C@H](C)NCCn1nc(C)c(C)c1C. The Morgan fingerprint density at radius 1 is 1.30 bits per heavy atom. The third kappa shape index (κ3) is 4.88. The summed E-state index contributed by atoms with van der Waals surface area (Å²) in [5.41, 5.74) is 3.48. The first-order valence-corrected chi connectivity index (χ1v) is 8.63. The number of aromatic nitrogens is 2. The number of nitrogens with zero attached hydrogens (tertiary/aromatic N) is 2. The van der Waals surface area contributed by atoms with Gasteiger partial charge in [0.05, 0.1) is 18.0 Å². The Bertz CT molecular complexity index is 537. The second-order valence-corrected chi connectivity index (χ2v) is 7.22. The van der Waals surface area contributed by atoms with E-state index >= 15 is 0 Å². The van der Waals surface area contributed by atoms with Crippen molar-refractivity contribution in [2.24, 2.45) is 0 Å². The molecule has 1 aromatic heterocycles. The first-order chi connectivity index (χ1) is 9.26. The van der Waals surface area contributed by atoms with Crippen LogP contribution in [0.5, 0.6) is 0 Å². The first-order valence-electron chi connectivity index (χ1n) is 6.98. The molecule has 0 unspecified atom stereocenters. The summed E-state index contributed by atoms with van der Waals surface area (Å²) >= 11 is 0. The molecule has 0 aliphatic carbocycles. The van der Waals surface area contributed by atoms with Crippen molar-refractivity contribution in [3.05, 3.63) is 17.0 Å². The van der Waals surface area contributed by atoms with Crippen LogP contribution >= 0.6 is 0 Å². The Labute approximate surface area is 122 Å². The highest BCUT2D eigenvalue weighted by atomic mass is 32.2. The minimum Gasteiger partial charge on any atom is -0.311 e. The fourth-order valence-electron chi connectivity index (χ4n) is 1.85. The summed E-state index contributed by atoms with van der Waals surface area (Å²) in [7, 11) is -3.11. The van der Waals surface area contributed by atoms with Gasteiger partial charge in [-0.15, -0.1) is 0 Å². The summed E-state index contributed by atoms with van der Waals surface area (Å²) in [6, 6.07) is 0.0920. The van der Waals surface area contributed by atoms with Crippen LogP contribution in [-0.4, -0.2) is 43.1 Å². The maximum absolute atomic E-state index is 11.3. The zero-order chi connectivity index (χ0) is 15.3. The monoisotopic (exact) mass is 302 g/mol. The first kappa shape index (κ1) is 17.1. The maximum atomic E-state index is 11.3. The molecule has 1 aromatic rings. The Balaban J connectivity index is 2.35. The lowest BCUT2D eigenvalue weighted by molar-refractivity contribution is 0.482. The highest BCUT2D eigenvalue weighted by Gasteiger charge is 2.10. The third-order valence-corrected chi connectivity index (χ3v) is 4.92. The van der Waals surface area contributed by atoms with E-state index in [1.807, 2.05) is 18.5 Å². The third-order valence-electron chi connectivity index (χ3n) is 3.55. The molecule has 116 valence electrons. The van der Waals surface area contributed by atoms with Gasteiger partial charge >= 0.3 is 0 Å². The predicted octanol–water partition coefficient (Wildman–Crippen LogP) is 0.726. The number of sulfonamides is 1. The van der Waals surface area contributed by atoms with Gasteiger partial charge in [0.25, 0.3) is 0 Å². The molecule has 2 N–H and O–H groups in total. The largest absolute Gasteiger partial charge is 0.311 e. The number of nitrogens with one attached hydrogen (secondary N) is 2. The van der Waals surface area contributed by atoms with E-state index in [0.717, 1.165) is 18.8 Å². The molecular formula is C13H26N4O2S. The average Bonchev–Trinajstić information content (AvgIpc) is 2.64. The van der Waals surface area contributed by atoms with Gasteiger partial charge in [-0.05, 0) is 40.2 Å². The quantitative estimate of drug-likeness (QED) is 0.742. The number of rotatable bonds is 8. The fraction of sp³-hybridized carbons (Fsp3) is 0.769. The molecule has 0 radical (unpaired) electrons. The van der Waals surface area contributed by atoms with Crippen molar-refractivity contribution < 1.29 is 8.42 Å². The van der Waals surface area contributed by atoms with E-state index in [9.17, 15) is 8.42 Å². The predicted molar refractivity (Wildman–Crippen MR) is 81.4 cm³/mol. The Hall–Kier alpha value is -0.920. The number of aryl methyl sites for hydroxylation is 1. The van der Waals surface area contributed by atoms with Crippen molar-refractivity contribution in [1.82, 2.24) is 19.8 Å². The summed E-state index contributed by atoms with van der Waals surface area (Å²) in [4.78, 5) is 0. The molecule has 1 atom stereocenters. The highest BCUT2D eigenvalue weighted by molar-refractivity contribution is 7.89. The van der Waals surface area contributed by atoms with E-state index in [1.54, 1.807) is 6.92 Å². The highest BCUT2D eigenvalue weighted by Crippen LogP contribution is 2.10. The summed E-state index contributed by atoms with van der Waals surface area (Å²) in [5, 5.41) is 7.77. The van der Waals surface area contributed by atoms with Gasteiger partial charge in [0.1, 0.15) is 0 Å². The molecular weight excluding hydrogens is 276 g/mol. The normalized spacial score (nSPS) is 13.7. The minimum atomic E-state index is -3.11. The standard InChI is InChI=1S/C13H26N4O2S/c1-6-20(18,19)15-9-10(2)14-7-8-17-13(5)11(3)12(4)16-17/h10,14-15H,6-9H2,1-5H3/t10-/m0/s1. The lowest BCUT2D eigenvalue weighted by Gasteiger charge is -2.15. The van der Waals surface area contributed by atoms with Crippen molar-refractivity contribution >= 4 is 10.0 Å². The van der Waals surface area contributed by atoms with E-state index in [4.69, 9.17) is 0 Å². The maximum Gasteiger partial charge on any atom is 0.211 e. The van der Waals surface area contributed by atoms with Crippen molar-refractivity contribution in [3.63, 3.8) is 0 Å². The van der Waals surface area contributed by atoms with Gasteiger partial charge in [0, 0.05) is 24.8 Å². The molecule has 1 rings (SSSR count). The van der Waals surface area contributed by atoms with E-state index in [2.05, 4.69) is 29.0 Å². The Morgan fingerprint density at radius 2 is 1.95 bits per heavy atom. The van der Waals surface area contributed by atoms with Gasteiger partial charge in [-0.25, -0.2) is 13.1 Å². The molecule has 0 spiro atoms. The van der Waals surface area contributed by atoms with Crippen LogP contribution in [0.1, 0.15) is 30.8 Å². The van der Waals surface area contributed by atoms with Gasteiger partial charge in [0.2, 0.25) is 10.0 Å². The number of hydrogen-bond acceptors (Lipinski definition) is 4. The average molecular weight is 302 g/mol. The molecule has 0 aliphatic heterocycles. The summed E-state index contributed by atoms with van der Waals surface area (Å²) in [5.74, 6) is 0.116. The van der Waals surface area contributed by atoms with Crippen molar-refractivity contribution in [2.45, 2.75) is 47.2 Å². The van der Waals surface area contributed by atoms with E-state index in [-0.39, 0.29) is 11.8 Å². The van der Waals surface area contributed by atoms with Gasteiger partial charge in [0.15, 0.2) is 0 Å². The van der Waals surface area contributed by atoms with Crippen LogP contribution in [0, 0.1) is 20.8 Å². The van der Waals surface area contributed by atoms with Crippen LogP contribution in [0.2, 0.25) is 0 Å². The van der Waals surface area contributed by atoms with E-state index < -0.39 is 10.0 Å². The fourth-order valence-corrected chi connectivity index (χ4v) is 2.56. The van der Waals surface area contributed by atoms with Gasteiger partial charge in [-0.3, -0.25) is 4.68 Å². The summed E-state index contributed by atoms with van der Waals surface area (Å²) < 4.78 is 27.2. The van der Waals surface area contributed by atoms with Crippen LogP contribution < -0.4 is 10.0 Å². The smallest absolute Gasteiger partial charge is 0.211 e. The van der Waals surface area contributed by atoms with Crippen molar-refractivity contribution in [1.29, 1.82) is 0 Å². The van der Waals surface area contributed by atoms with Crippen LogP contribution in [0.25, 0.3) is 0 Å². The molecule has 0 amide bonds. The topological polar surface area (TPSA) is 76.0 Å².